The largest absolute Gasteiger partial charge is 0.342 e. The highest BCUT2D eigenvalue weighted by molar-refractivity contribution is 5.81. The summed E-state index contributed by atoms with van der Waals surface area (Å²) in [7, 11) is 0. The Balaban J connectivity index is 2.55. The Bertz CT molecular complexity index is 562. The van der Waals surface area contributed by atoms with Crippen LogP contribution < -0.4 is 10.6 Å². The molecular weight excluding hydrogens is 224 g/mol. The molecule has 0 aliphatic carbocycles. The van der Waals surface area contributed by atoms with Crippen LogP contribution in [0.5, 0.6) is 0 Å². The molecule has 1 aromatic carbocycles. The van der Waals surface area contributed by atoms with Gasteiger partial charge in [-0.25, -0.2) is 9.97 Å². The minimum atomic E-state index is 0.657. The van der Waals surface area contributed by atoms with Crippen LogP contribution in [-0.2, 0) is 0 Å². The average molecular weight is 240 g/mol. The van der Waals surface area contributed by atoms with Crippen molar-refractivity contribution in [1.29, 1.82) is 0 Å². The summed E-state index contributed by atoms with van der Waals surface area (Å²) in [4.78, 5) is 9.06. The summed E-state index contributed by atoms with van der Waals surface area (Å²) in [6.07, 6.45) is 0. The number of hydrogen-bond donors (Lipinski definition) is 2. The lowest BCUT2D eigenvalue weighted by Gasteiger charge is -2.12. The molecular formula is C14H16N4. The molecule has 2 rings (SSSR count). The summed E-state index contributed by atoms with van der Waals surface area (Å²) in [5.74, 6) is 1.31. The van der Waals surface area contributed by atoms with Gasteiger partial charge in [0.15, 0.2) is 11.6 Å². The molecule has 0 saturated heterocycles. The first-order chi connectivity index (χ1) is 8.56. The summed E-state index contributed by atoms with van der Waals surface area (Å²) < 4.78 is 0. The molecule has 0 bridgehead atoms. The molecule has 2 N–H and O–H groups in total. The Morgan fingerprint density at radius 2 is 1.28 bits per heavy atom. The number of aromatic nitrogens is 2. The first-order valence-electron chi connectivity index (χ1n) is 5.68. The highest BCUT2D eigenvalue weighted by Crippen LogP contribution is 2.23. The van der Waals surface area contributed by atoms with Crippen molar-refractivity contribution in [2.45, 2.75) is 13.8 Å². The number of hydrogen-bond acceptors (Lipinski definition) is 4. The quantitative estimate of drug-likeness (QED) is 0.858. The fourth-order valence-electron chi connectivity index (χ4n) is 1.58. The minimum absolute atomic E-state index is 0.657. The predicted octanol–water partition coefficient (Wildman–Crippen LogP) is 3.52. The van der Waals surface area contributed by atoms with Gasteiger partial charge < -0.3 is 10.6 Å². The number of allylic oxidation sites excluding steroid dienone is 2. The maximum Gasteiger partial charge on any atom is 0.174 e. The molecule has 18 heavy (non-hydrogen) atoms. The van der Waals surface area contributed by atoms with Gasteiger partial charge in [-0.1, -0.05) is 25.3 Å². The zero-order valence-corrected chi connectivity index (χ0v) is 10.6. The van der Waals surface area contributed by atoms with E-state index in [2.05, 4.69) is 33.8 Å². The summed E-state index contributed by atoms with van der Waals surface area (Å²) in [5.41, 5.74) is 3.30. The fourth-order valence-corrected chi connectivity index (χ4v) is 1.58. The van der Waals surface area contributed by atoms with Gasteiger partial charge in [0.05, 0.1) is 11.0 Å². The van der Waals surface area contributed by atoms with E-state index in [1.54, 1.807) is 0 Å². The fraction of sp³-hybridized carbons (Fsp3) is 0.143. The molecule has 0 fully saturated rings. The van der Waals surface area contributed by atoms with E-state index in [4.69, 9.17) is 0 Å². The lowest BCUT2D eigenvalue weighted by Crippen LogP contribution is -2.06. The van der Waals surface area contributed by atoms with Crippen molar-refractivity contribution in [2.75, 3.05) is 10.6 Å². The number of para-hydroxylation sites is 2. The maximum absolute atomic E-state index is 4.53. The van der Waals surface area contributed by atoms with Crippen LogP contribution in [-0.4, -0.2) is 9.97 Å². The highest BCUT2D eigenvalue weighted by atomic mass is 15.1. The van der Waals surface area contributed by atoms with Gasteiger partial charge in [-0.2, -0.15) is 0 Å². The molecule has 0 radical (unpaired) electrons. The van der Waals surface area contributed by atoms with Gasteiger partial charge in [-0.15, -0.1) is 0 Å². The Morgan fingerprint density at radius 3 is 1.61 bits per heavy atom. The van der Waals surface area contributed by atoms with Crippen molar-refractivity contribution in [2.24, 2.45) is 0 Å². The molecule has 1 heterocycles. The van der Waals surface area contributed by atoms with Crippen LogP contribution in [0.15, 0.2) is 48.8 Å². The smallest absolute Gasteiger partial charge is 0.174 e. The van der Waals surface area contributed by atoms with Gasteiger partial charge in [-0.05, 0) is 26.0 Å². The van der Waals surface area contributed by atoms with Crippen LogP contribution in [0, 0.1) is 0 Å². The summed E-state index contributed by atoms with van der Waals surface area (Å²) in [6.45, 7) is 11.4. The van der Waals surface area contributed by atoms with Crippen LogP contribution >= 0.6 is 0 Å². The lowest BCUT2D eigenvalue weighted by atomic mass is 10.3. The number of nitrogens with zero attached hydrogens (tertiary/aromatic N) is 2. The normalized spacial score (nSPS) is 10.1. The van der Waals surface area contributed by atoms with E-state index < -0.39 is 0 Å². The molecule has 0 aliphatic rings. The highest BCUT2D eigenvalue weighted by Gasteiger charge is 2.08. The number of anilines is 2. The maximum atomic E-state index is 4.53. The van der Waals surface area contributed by atoms with Crippen molar-refractivity contribution in [3.05, 3.63) is 48.8 Å². The zero-order valence-electron chi connectivity index (χ0n) is 10.6. The van der Waals surface area contributed by atoms with Gasteiger partial charge in [0.2, 0.25) is 0 Å². The van der Waals surface area contributed by atoms with Crippen LogP contribution in [0.2, 0.25) is 0 Å². The molecule has 2 aromatic rings. The molecule has 0 saturated carbocycles. The summed E-state index contributed by atoms with van der Waals surface area (Å²) in [6, 6.07) is 7.73. The third kappa shape index (κ3) is 2.66. The third-order valence-corrected chi connectivity index (χ3v) is 2.23. The number of rotatable bonds is 4. The number of fused-ring (bicyclic) bond motifs is 1. The topological polar surface area (TPSA) is 49.8 Å². The molecule has 1 aromatic heterocycles. The zero-order chi connectivity index (χ0) is 13.1. The van der Waals surface area contributed by atoms with Crippen molar-refractivity contribution in [3.63, 3.8) is 0 Å². The summed E-state index contributed by atoms with van der Waals surface area (Å²) in [5, 5.41) is 6.20. The van der Waals surface area contributed by atoms with Crippen LogP contribution in [0.1, 0.15) is 13.8 Å². The van der Waals surface area contributed by atoms with Gasteiger partial charge in [0, 0.05) is 11.4 Å². The Labute approximate surface area is 106 Å². The SMILES string of the molecule is C=C(C)Nc1nc2ccccc2nc1NC(=C)C. The standard InChI is InChI=1S/C14H16N4/c1-9(2)15-13-14(16-10(3)4)18-12-8-6-5-7-11(12)17-13/h5-8H,1,3H2,2,4H3,(H,15,17)(H,16,18). The van der Waals surface area contributed by atoms with Crippen molar-refractivity contribution < 1.29 is 0 Å². The van der Waals surface area contributed by atoms with Gasteiger partial charge >= 0.3 is 0 Å². The third-order valence-electron chi connectivity index (χ3n) is 2.23. The molecule has 4 heteroatoms. The van der Waals surface area contributed by atoms with Gasteiger partial charge in [0.1, 0.15) is 0 Å². The molecule has 0 aliphatic heterocycles. The van der Waals surface area contributed by atoms with E-state index in [0.29, 0.717) is 11.6 Å². The molecule has 0 unspecified atom stereocenters. The molecule has 0 atom stereocenters. The van der Waals surface area contributed by atoms with E-state index in [0.717, 1.165) is 22.4 Å². The van der Waals surface area contributed by atoms with Crippen molar-refractivity contribution in [1.82, 2.24) is 9.97 Å². The lowest BCUT2D eigenvalue weighted by molar-refractivity contribution is 1.22. The predicted molar refractivity (Wildman–Crippen MR) is 76.4 cm³/mol. The van der Waals surface area contributed by atoms with E-state index in [-0.39, 0.29) is 0 Å². The van der Waals surface area contributed by atoms with E-state index in [1.165, 1.54) is 0 Å². The van der Waals surface area contributed by atoms with E-state index in [9.17, 15) is 0 Å². The minimum Gasteiger partial charge on any atom is -0.342 e. The molecule has 0 spiro atoms. The second-order valence-corrected chi connectivity index (χ2v) is 4.22. The first kappa shape index (κ1) is 12.1. The number of nitrogens with one attached hydrogen (secondary N) is 2. The average Bonchev–Trinajstić information content (AvgIpc) is 2.28. The van der Waals surface area contributed by atoms with Crippen LogP contribution in [0.25, 0.3) is 11.0 Å². The molecule has 92 valence electrons. The van der Waals surface area contributed by atoms with Crippen LogP contribution in [0.4, 0.5) is 11.6 Å². The summed E-state index contributed by atoms with van der Waals surface area (Å²) >= 11 is 0. The van der Waals surface area contributed by atoms with E-state index in [1.807, 2.05) is 38.1 Å². The molecule has 4 nitrogen and oxygen atoms in total. The van der Waals surface area contributed by atoms with Crippen LogP contribution in [0.3, 0.4) is 0 Å². The van der Waals surface area contributed by atoms with Gasteiger partial charge in [0.25, 0.3) is 0 Å². The van der Waals surface area contributed by atoms with Crippen molar-refractivity contribution in [3.8, 4) is 0 Å². The monoisotopic (exact) mass is 240 g/mol. The second-order valence-electron chi connectivity index (χ2n) is 4.22. The Hall–Kier alpha value is -2.36. The van der Waals surface area contributed by atoms with E-state index >= 15 is 0 Å². The van der Waals surface area contributed by atoms with Crippen molar-refractivity contribution >= 4 is 22.7 Å². The second kappa shape index (κ2) is 4.87. The number of benzene rings is 1. The van der Waals surface area contributed by atoms with Gasteiger partial charge in [-0.3, -0.25) is 0 Å². The molecule has 0 amide bonds. The Kier molecular flexibility index (Phi) is 3.28. The first-order valence-corrected chi connectivity index (χ1v) is 5.68. The Morgan fingerprint density at radius 1 is 0.889 bits per heavy atom.